The Bertz CT molecular complexity index is 2420. The summed E-state index contributed by atoms with van der Waals surface area (Å²) >= 11 is -2.44. The molecule has 8 nitrogen and oxygen atoms in total. The first-order chi connectivity index (χ1) is 24.4. The fraction of sp³-hybridized carbons (Fsp3) is 0.0732. The summed E-state index contributed by atoms with van der Waals surface area (Å²) in [5, 5.41) is 4.49. The maximum absolute atomic E-state index is 13.5. The fourth-order valence-electron chi connectivity index (χ4n) is 6.78. The Hall–Kier alpha value is -6.03. The van der Waals surface area contributed by atoms with Gasteiger partial charge in [-0.15, -0.1) is 0 Å². The van der Waals surface area contributed by atoms with Gasteiger partial charge in [-0.1, -0.05) is 72.8 Å². The highest BCUT2D eigenvalue weighted by molar-refractivity contribution is 7.79. The second kappa shape index (κ2) is 12.8. The van der Waals surface area contributed by atoms with E-state index in [0.717, 1.165) is 60.5 Å². The number of aromatic nitrogens is 2. The number of rotatable bonds is 8. The Morgan fingerprint density at radius 3 is 1.38 bits per heavy atom. The van der Waals surface area contributed by atoms with E-state index in [0.29, 0.717) is 0 Å². The van der Waals surface area contributed by atoms with E-state index < -0.39 is 23.0 Å². The first-order valence-electron chi connectivity index (χ1n) is 16.1. The van der Waals surface area contributed by atoms with Crippen molar-refractivity contribution in [2.75, 3.05) is 6.61 Å². The molecule has 8 rings (SSSR count). The molecule has 50 heavy (non-hydrogen) atoms. The van der Waals surface area contributed by atoms with Gasteiger partial charge in [-0.2, -0.15) is 0 Å². The van der Waals surface area contributed by atoms with Crippen molar-refractivity contribution >= 4 is 66.6 Å². The smallest absolute Gasteiger partial charge is 0.338 e. The number of hydrogen-bond donors (Lipinski definition) is 1. The monoisotopic (exact) mass is 678 g/mol. The Labute approximate surface area is 289 Å². The Balaban J connectivity index is 1.28. The van der Waals surface area contributed by atoms with Gasteiger partial charge in [-0.05, 0) is 73.2 Å². The lowest BCUT2D eigenvalue weighted by atomic mass is 10.1. The van der Waals surface area contributed by atoms with Crippen LogP contribution in [0, 0.1) is 0 Å². The quantitative estimate of drug-likeness (QED) is 0.127. The lowest BCUT2D eigenvalue weighted by molar-refractivity contribution is 0.0472. The first kappa shape index (κ1) is 31.3. The molecule has 0 amide bonds. The third kappa shape index (κ3) is 5.42. The third-order valence-electron chi connectivity index (χ3n) is 8.86. The molecule has 0 saturated carbocycles. The molecule has 2 heterocycles. The van der Waals surface area contributed by atoms with Crippen LogP contribution >= 0.6 is 0 Å². The van der Waals surface area contributed by atoms with E-state index in [4.69, 9.17) is 9.47 Å². The molecule has 0 radical (unpaired) electrons. The van der Waals surface area contributed by atoms with Crippen molar-refractivity contribution in [1.29, 1.82) is 0 Å². The van der Waals surface area contributed by atoms with E-state index in [-0.39, 0.29) is 29.2 Å². The second-order valence-corrected chi connectivity index (χ2v) is 12.9. The molecule has 1 atom stereocenters. The van der Waals surface area contributed by atoms with Crippen molar-refractivity contribution < 1.29 is 27.8 Å². The predicted molar refractivity (Wildman–Crippen MR) is 196 cm³/mol. The van der Waals surface area contributed by atoms with E-state index in [1.807, 2.05) is 60.7 Å². The van der Waals surface area contributed by atoms with Gasteiger partial charge in [0.15, 0.2) is 11.1 Å². The third-order valence-corrected chi connectivity index (χ3v) is 9.50. The molecule has 0 aliphatic carbocycles. The number of fused-ring (bicyclic) bond motifs is 6. The molecule has 1 unspecified atom stereocenters. The van der Waals surface area contributed by atoms with Crippen LogP contribution in [0.1, 0.15) is 33.2 Å². The van der Waals surface area contributed by atoms with Gasteiger partial charge in [0.05, 0.1) is 44.7 Å². The van der Waals surface area contributed by atoms with Crippen LogP contribution in [-0.2, 0) is 27.2 Å². The summed E-state index contributed by atoms with van der Waals surface area (Å²) in [5.74, 6) is -1.45. The summed E-state index contributed by atoms with van der Waals surface area (Å²) in [6.07, 6.45) is 0. The zero-order valence-electron chi connectivity index (χ0n) is 26.9. The fourth-order valence-corrected chi connectivity index (χ4v) is 7.24. The van der Waals surface area contributed by atoms with Crippen LogP contribution in [0.2, 0.25) is 0 Å². The van der Waals surface area contributed by atoms with Crippen LogP contribution in [0.5, 0.6) is 0 Å². The van der Waals surface area contributed by atoms with Gasteiger partial charge < -0.3 is 23.2 Å². The number of carbonyl (C=O) groups excluding carboxylic acids is 2. The Morgan fingerprint density at radius 1 is 0.580 bits per heavy atom. The number of esters is 2. The second-order valence-electron chi connectivity index (χ2n) is 11.9. The van der Waals surface area contributed by atoms with E-state index >= 15 is 0 Å². The molecule has 0 bridgehead atoms. The van der Waals surface area contributed by atoms with E-state index in [1.165, 1.54) is 18.2 Å². The number of carbonyl (C=O) groups is 2. The van der Waals surface area contributed by atoms with Gasteiger partial charge in [0, 0.05) is 32.9 Å². The van der Waals surface area contributed by atoms with Crippen LogP contribution in [0.25, 0.3) is 55.0 Å². The molecule has 246 valence electrons. The van der Waals surface area contributed by atoms with Gasteiger partial charge >= 0.3 is 11.9 Å². The van der Waals surface area contributed by atoms with Crippen LogP contribution in [0.3, 0.4) is 0 Å². The van der Waals surface area contributed by atoms with Crippen molar-refractivity contribution in [1.82, 2.24) is 9.13 Å². The van der Waals surface area contributed by atoms with Crippen LogP contribution in [0.15, 0.2) is 138 Å². The number of para-hydroxylation sites is 4. The van der Waals surface area contributed by atoms with Crippen molar-refractivity contribution in [3.8, 4) is 11.4 Å². The molecule has 0 saturated heterocycles. The van der Waals surface area contributed by atoms with Crippen molar-refractivity contribution in [3.05, 3.63) is 150 Å². The average Bonchev–Trinajstić information content (AvgIpc) is 3.67. The minimum atomic E-state index is -2.44. The summed E-state index contributed by atoms with van der Waals surface area (Å²) in [7, 11) is 0. The van der Waals surface area contributed by atoms with Crippen LogP contribution in [-0.4, -0.2) is 36.4 Å². The predicted octanol–water partition coefficient (Wildman–Crippen LogP) is 9.00. The normalized spacial score (nSPS) is 12.1. The highest BCUT2D eigenvalue weighted by Crippen LogP contribution is 2.36. The number of hydrogen-bond acceptors (Lipinski definition) is 5. The average molecular weight is 679 g/mol. The van der Waals surface area contributed by atoms with Crippen LogP contribution in [0.4, 0.5) is 0 Å². The summed E-state index contributed by atoms with van der Waals surface area (Å²) in [5.41, 5.74) is 6.60. The molecule has 9 heteroatoms. The lowest BCUT2D eigenvalue weighted by Gasteiger charge is -2.16. The topological polar surface area (TPSA) is 99.8 Å². The number of ether oxygens (including phenoxy) is 2. The zero-order chi connectivity index (χ0) is 34.4. The maximum Gasteiger partial charge on any atom is 0.338 e. The van der Waals surface area contributed by atoms with Gasteiger partial charge in [0.2, 0.25) is 0 Å². The Kier molecular flexibility index (Phi) is 7.99. The summed E-state index contributed by atoms with van der Waals surface area (Å²) < 4.78 is 37.1. The van der Waals surface area contributed by atoms with Crippen molar-refractivity contribution in [2.45, 2.75) is 18.4 Å². The van der Waals surface area contributed by atoms with Crippen molar-refractivity contribution in [2.24, 2.45) is 0 Å². The van der Waals surface area contributed by atoms with E-state index in [2.05, 4.69) is 63.7 Å². The molecule has 8 aromatic rings. The lowest BCUT2D eigenvalue weighted by Crippen LogP contribution is -2.11. The molecule has 1 N–H and O–H groups in total. The molecular formula is C41H30N2O6S. The molecule has 0 aliphatic rings. The molecule has 0 spiro atoms. The largest absolute Gasteiger partial charge is 0.462 e. The first-order valence-corrected chi connectivity index (χ1v) is 17.2. The molecule has 0 aliphatic heterocycles. The van der Waals surface area contributed by atoms with Crippen molar-refractivity contribution in [3.63, 3.8) is 0 Å². The van der Waals surface area contributed by atoms with Crippen LogP contribution < -0.4 is 0 Å². The summed E-state index contributed by atoms with van der Waals surface area (Å²) in [6, 6.07) is 43.1. The molecular weight excluding hydrogens is 649 g/mol. The molecule has 0 fully saturated rings. The van der Waals surface area contributed by atoms with Gasteiger partial charge in [-0.3, -0.25) is 0 Å². The summed E-state index contributed by atoms with van der Waals surface area (Å²) in [4.78, 5) is 25.9. The highest BCUT2D eigenvalue weighted by Gasteiger charge is 2.19. The van der Waals surface area contributed by atoms with Gasteiger partial charge in [0.1, 0.15) is 6.61 Å². The number of benzene rings is 6. The number of nitrogens with zero attached hydrogens (tertiary/aromatic N) is 2. The maximum atomic E-state index is 13.5. The minimum Gasteiger partial charge on any atom is -0.462 e. The molecule has 6 aromatic carbocycles. The molecule has 2 aromatic heterocycles. The van der Waals surface area contributed by atoms with E-state index in [9.17, 15) is 18.4 Å². The summed E-state index contributed by atoms with van der Waals surface area (Å²) in [6.45, 7) is 1.67. The van der Waals surface area contributed by atoms with Gasteiger partial charge in [-0.25, -0.2) is 13.8 Å². The minimum absolute atomic E-state index is 0.0132. The zero-order valence-corrected chi connectivity index (χ0v) is 27.7. The van der Waals surface area contributed by atoms with Gasteiger partial charge in [0.25, 0.3) is 0 Å². The van der Waals surface area contributed by atoms with E-state index in [1.54, 1.807) is 6.92 Å². The Morgan fingerprint density at radius 2 is 0.980 bits per heavy atom. The standard InChI is InChI=1S/C41H30N2O6S/c1-2-48-40(44)27-21-28(23-31(22-27)50(46)47)41(45)49-25-26-19-29(42-36-15-7-3-11-32(36)33-12-4-8-16-37(33)42)24-30(20-26)43-38-17-9-5-13-34(38)35-14-6-10-18-39(35)43/h3-24H,2,25H2,1H3,(H,46,47). The SMILES string of the molecule is CCOC(=O)c1cc(C(=O)OCc2cc(-n3c4ccccc4c4ccccc43)cc(-n3c4ccccc4c4ccccc43)c2)cc(S(=O)O)c1. The highest BCUT2D eigenvalue weighted by atomic mass is 32.2.